The smallest absolute Gasteiger partial charge is 0.261 e. The summed E-state index contributed by atoms with van der Waals surface area (Å²) in [7, 11) is -4.05. The van der Waals surface area contributed by atoms with Gasteiger partial charge in [-0.15, -0.1) is 0 Å². The molecule has 1 N–H and O–H groups in total. The van der Waals surface area contributed by atoms with E-state index in [9.17, 15) is 22.0 Å². The second-order valence-corrected chi connectivity index (χ2v) is 7.79. The van der Waals surface area contributed by atoms with Gasteiger partial charge in [0.05, 0.1) is 10.6 Å². The lowest BCUT2D eigenvalue weighted by Crippen LogP contribution is -2.35. The van der Waals surface area contributed by atoms with E-state index in [0.717, 1.165) is 31.4 Å². The zero-order valence-electron chi connectivity index (χ0n) is 13.9. The molecule has 1 saturated heterocycles. The number of hydrogen-bond donors (Lipinski definition) is 1. The van der Waals surface area contributed by atoms with E-state index in [0.29, 0.717) is 24.7 Å². The van der Waals surface area contributed by atoms with Crippen molar-refractivity contribution in [3.05, 3.63) is 59.7 Å². The fraction of sp³-hybridized carbons (Fsp3) is 0.278. The molecule has 1 fully saturated rings. The number of carbonyl (C=O) groups is 1. The lowest BCUT2D eigenvalue weighted by Gasteiger charge is -2.26. The molecule has 2 aromatic rings. The summed E-state index contributed by atoms with van der Waals surface area (Å²) in [5.41, 5.74) is 0.0543. The molecule has 2 aromatic carbocycles. The van der Waals surface area contributed by atoms with Gasteiger partial charge in [-0.2, -0.15) is 0 Å². The molecule has 0 atom stereocenters. The maximum absolute atomic E-state index is 13.7. The third kappa shape index (κ3) is 4.01. The van der Waals surface area contributed by atoms with Crippen molar-refractivity contribution in [2.75, 3.05) is 17.8 Å². The van der Waals surface area contributed by atoms with Crippen molar-refractivity contribution in [1.82, 2.24) is 4.90 Å². The number of carbonyl (C=O) groups excluding carboxylic acids is 1. The fourth-order valence-electron chi connectivity index (χ4n) is 2.83. The molecule has 1 aliphatic rings. The van der Waals surface area contributed by atoms with Crippen LogP contribution in [0.1, 0.15) is 29.6 Å². The number of likely N-dealkylation sites (tertiary alicyclic amines) is 1. The molecule has 0 aromatic heterocycles. The van der Waals surface area contributed by atoms with E-state index in [-0.39, 0.29) is 16.5 Å². The first kappa shape index (κ1) is 18.3. The molecule has 26 heavy (non-hydrogen) atoms. The van der Waals surface area contributed by atoms with Crippen LogP contribution in [0.15, 0.2) is 47.4 Å². The zero-order chi connectivity index (χ0) is 18.7. The number of hydrogen-bond acceptors (Lipinski definition) is 3. The van der Waals surface area contributed by atoms with E-state index < -0.39 is 21.7 Å². The summed E-state index contributed by atoms with van der Waals surface area (Å²) < 4.78 is 53.4. The number of benzene rings is 2. The van der Waals surface area contributed by atoms with Crippen LogP contribution < -0.4 is 4.72 Å². The number of rotatable bonds is 4. The van der Waals surface area contributed by atoms with Gasteiger partial charge in [0.15, 0.2) is 0 Å². The minimum Gasteiger partial charge on any atom is -0.339 e. The highest BCUT2D eigenvalue weighted by Gasteiger charge is 2.20. The molecule has 1 heterocycles. The highest BCUT2D eigenvalue weighted by Crippen LogP contribution is 2.21. The second-order valence-electron chi connectivity index (χ2n) is 6.11. The maximum Gasteiger partial charge on any atom is 0.261 e. The van der Waals surface area contributed by atoms with Crippen LogP contribution in [0.2, 0.25) is 0 Å². The molecule has 5 nitrogen and oxygen atoms in total. The van der Waals surface area contributed by atoms with Gasteiger partial charge >= 0.3 is 0 Å². The first-order valence-electron chi connectivity index (χ1n) is 8.24. The van der Waals surface area contributed by atoms with Crippen LogP contribution in [0.5, 0.6) is 0 Å². The summed E-state index contributed by atoms with van der Waals surface area (Å²) in [5.74, 6) is -1.94. The molecule has 1 aliphatic heterocycles. The van der Waals surface area contributed by atoms with Crippen molar-refractivity contribution < 1.29 is 22.0 Å². The van der Waals surface area contributed by atoms with E-state index >= 15 is 0 Å². The van der Waals surface area contributed by atoms with Crippen molar-refractivity contribution >= 4 is 21.6 Å². The minimum atomic E-state index is -4.05. The van der Waals surface area contributed by atoms with Crippen molar-refractivity contribution in [3.63, 3.8) is 0 Å². The van der Waals surface area contributed by atoms with Crippen LogP contribution in [0.3, 0.4) is 0 Å². The van der Waals surface area contributed by atoms with Gasteiger partial charge in [-0.3, -0.25) is 9.52 Å². The van der Waals surface area contributed by atoms with Gasteiger partial charge in [-0.25, -0.2) is 17.2 Å². The van der Waals surface area contributed by atoms with Crippen molar-refractivity contribution in [2.24, 2.45) is 0 Å². The number of anilines is 1. The monoisotopic (exact) mass is 380 g/mol. The molecular weight excluding hydrogens is 362 g/mol. The number of halogens is 2. The topological polar surface area (TPSA) is 66.5 Å². The third-order valence-electron chi connectivity index (χ3n) is 4.23. The van der Waals surface area contributed by atoms with Gasteiger partial charge in [0.1, 0.15) is 11.6 Å². The average molecular weight is 380 g/mol. The van der Waals surface area contributed by atoms with Crippen molar-refractivity contribution in [1.29, 1.82) is 0 Å². The summed E-state index contributed by atoms with van der Waals surface area (Å²) in [6.45, 7) is 1.40. The molecule has 138 valence electrons. The Morgan fingerprint density at radius 2 is 1.62 bits per heavy atom. The van der Waals surface area contributed by atoms with Crippen LogP contribution in [-0.2, 0) is 10.0 Å². The Labute approximate surface area is 150 Å². The molecule has 8 heteroatoms. The highest BCUT2D eigenvalue weighted by molar-refractivity contribution is 7.92. The third-order valence-corrected chi connectivity index (χ3v) is 5.61. The standard InChI is InChI=1S/C18H18F2N2O3S/c19-14-6-9-17(16(20)12-14)21-26(24,25)15-7-4-13(5-8-15)18(23)22-10-2-1-3-11-22/h4-9,12,21H,1-3,10-11H2. The van der Waals surface area contributed by atoms with Gasteiger partial charge in [0.2, 0.25) is 0 Å². The van der Waals surface area contributed by atoms with Gasteiger partial charge in [-0.1, -0.05) is 0 Å². The lowest BCUT2D eigenvalue weighted by atomic mass is 10.1. The van der Waals surface area contributed by atoms with Crippen molar-refractivity contribution in [3.8, 4) is 0 Å². The van der Waals surface area contributed by atoms with Gasteiger partial charge in [0, 0.05) is 24.7 Å². The molecule has 0 bridgehead atoms. The summed E-state index contributed by atoms with van der Waals surface area (Å²) >= 11 is 0. The Morgan fingerprint density at radius 1 is 0.962 bits per heavy atom. The molecule has 0 saturated carbocycles. The SMILES string of the molecule is O=C(c1ccc(S(=O)(=O)Nc2ccc(F)cc2F)cc1)N1CCCCC1. The lowest BCUT2D eigenvalue weighted by molar-refractivity contribution is 0.0724. The Hall–Kier alpha value is -2.48. The normalized spacial score (nSPS) is 14.9. The van der Waals surface area contributed by atoms with E-state index in [2.05, 4.69) is 4.72 Å². The first-order chi connectivity index (χ1) is 12.4. The van der Waals surface area contributed by atoms with E-state index in [1.807, 2.05) is 0 Å². The predicted octanol–water partition coefficient (Wildman–Crippen LogP) is 3.39. The van der Waals surface area contributed by atoms with Crippen LogP contribution in [0.25, 0.3) is 0 Å². The molecule has 0 radical (unpaired) electrons. The van der Waals surface area contributed by atoms with Crippen LogP contribution in [0.4, 0.5) is 14.5 Å². The molecule has 0 unspecified atom stereocenters. The van der Waals surface area contributed by atoms with Gasteiger partial charge in [0.25, 0.3) is 15.9 Å². The Kier molecular flexibility index (Phi) is 5.22. The second kappa shape index (κ2) is 7.41. The summed E-state index contributed by atoms with van der Waals surface area (Å²) in [5, 5.41) is 0. The first-order valence-corrected chi connectivity index (χ1v) is 9.72. The van der Waals surface area contributed by atoms with E-state index in [4.69, 9.17) is 0 Å². The maximum atomic E-state index is 13.7. The van der Waals surface area contributed by atoms with Crippen molar-refractivity contribution in [2.45, 2.75) is 24.2 Å². The van der Waals surface area contributed by atoms with Crippen LogP contribution >= 0.6 is 0 Å². The number of piperidine rings is 1. The molecular formula is C18H18F2N2O3S. The Morgan fingerprint density at radius 3 is 2.23 bits per heavy atom. The van der Waals surface area contributed by atoms with E-state index in [1.165, 1.54) is 24.3 Å². The average Bonchev–Trinajstić information content (AvgIpc) is 2.64. The molecule has 0 spiro atoms. The number of sulfonamides is 1. The summed E-state index contributed by atoms with van der Waals surface area (Å²) in [6, 6.07) is 8.02. The van der Waals surface area contributed by atoms with Crippen LogP contribution in [-0.4, -0.2) is 32.3 Å². The summed E-state index contributed by atoms with van der Waals surface area (Å²) in [4.78, 5) is 14.0. The number of nitrogens with zero attached hydrogens (tertiary/aromatic N) is 1. The van der Waals surface area contributed by atoms with E-state index in [1.54, 1.807) is 4.90 Å². The van der Waals surface area contributed by atoms with Gasteiger partial charge < -0.3 is 4.90 Å². The summed E-state index contributed by atoms with van der Waals surface area (Å²) in [6.07, 6.45) is 3.03. The molecule has 1 amide bonds. The van der Waals surface area contributed by atoms with Crippen LogP contribution in [0, 0.1) is 11.6 Å². The number of amides is 1. The molecule has 3 rings (SSSR count). The highest BCUT2D eigenvalue weighted by atomic mass is 32.2. The minimum absolute atomic E-state index is 0.114. The number of nitrogens with one attached hydrogen (secondary N) is 1. The predicted molar refractivity (Wildman–Crippen MR) is 93.4 cm³/mol. The zero-order valence-corrected chi connectivity index (χ0v) is 14.7. The fourth-order valence-corrected chi connectivity index (χ4v) is 3.90. The quantitative estimate of drug-likeness (QED) is 0.884. The van der Waals surface area contributed by atoms with Gasteiger partial charge in [-0.05, 0) is 55.7 Å². The Bertz CT molecular complexity index is 909. The Balaban J connectivity index is 1.77. The largest absolute Gasteiger partial charge is 0.339 e. The molecule has 0 aliphatic carbocycles.